The Hall–Kier alpha value is -3.36. The molecule has 0 spiro atoms. The summed E-state index contributed by atoms with van der Waals surface area (Å²) in [5, 5.41) is 17.0. The second kappa shape index (κ2) is 9.20. The van der Waals surface area contributed by atoms with Crippen LogP contribution in [0.5, 0.6) is 11.5 Å². The van der Waals surface area contributed by atoms with Gasteiger partial charge in [0.2, 0.25) is 0 Å². The summed E-state index contributed by atoms with van der Waals surface area (Å²) in [5.41, 5.74) is 3.65. The third kappa shape index (κ3) is 4.70. The molecule has 1 aliphatic heterocycles. The van der Waals surface area contributed by atoms with E-state index in [1.807, 2.05) is 29.9 Å². The Labute approximate surface area is 180 Å². The van der Waals surface area contributed by atoms with Crippen LogP contribution < -0.4 is 14.8 Å². The van der Waals surface area contributed by atoms with Crippen molar-refractivity contribution in [3.8, 4) is 11.5 Å². The number of carboxylic acid groups (broad SMARTS) is 1. The molecule has 0 aliphatic carbocycles. The molecule has 0 bridgehead atoms. The van der Waals surface area contributed by atoms with E-state index in [2.05, 4.69) is 17.3 Å². The number of carbonyl (C=O) groups is 1. The highest BCUT2D eigenvalue weighted by molar-refractivity contribution is 5.87. The van der Waals surface area contributed by atoms with Gasteiger partial charge in [-0.25, -0.2) is 9.97 Å². The molecule has 1 aliphatic rings. The van der Waals surface area contributed by atoms with Gasteiger partial charge in [0.25, 0.3) is 0 Å². The van der Waals surface area contributed by atoms with Gasteiger partial charge in [0.05, 0.1) is 5.69 Å². The maximum Gasteiger partial charge on any atom is 0.303 e. The lowest BCUT2D eigenvalue weighted by Gasteiger charge is -2.19. The van der Waals surface area contributed by atoms with E-state index in [0.717, 1.165) is 46.6 Å². The van der Waals surface area contributed by atoms with Gasteiger partial charge in [-0.1, -0.05) is 19.4 Å². The Morgan fingerprint density at radius 2 is 2.00 bits per heavy atom. The fourth-order valence-electron chi connectivity index (χ4n) is 3.71. The third-order valence-electron chi connectivity index (χ3n) is 5.14. The van der Waals surface area contributed by atoms with Crippen LogP contribution in [0.4, 0.5) is 5.82 Å². The number of ether oxygens (including phenoxy) is 2. The number of aryl methyl sites for hydroxylation is 3. The van der Waals surface area contributed by atoms with Crippen molar-refractivity contribution >= 4 is 22.8 Å². The van der Waals surface area contributed by atoms with E-state index >= 15 is 0 Å². The van der Waals surface area contributed by atoms with E-state index in [4.69, 9.17) is 24.5 Å². The van der Waals surface area contributed by atoms with Crippen LogP contribution in [0.25, 0.3) is 11.0 Å². The summed E-state index contributed by atoms with van der Waals surface area (Å²) in [6.45, 7) is 3.77. The number of benzene rings is 1. The van der Waals surface area contributed by atoms with Crippen molar-refractivity contribution in [1.29, 1.82) is 0 Å². The molecule has 0 unspecified atom stereocenters. The lowest BCUT2D eigenvalue weighted by molar-refractivity contribution is -0.137. The van der Waals surface area contributed by atoms with Gasteiger partial charge in [0.15, 0.2) is 17.3 Å². The predicted molar refractivity (Wildman–Crippen MR) is 116 cm³/mol. The standard InChI is InChI=1S/C22H27N5O4/c1-3-5-15-20-21(27(2)26-15)22(25-18(24-20)6-4-7-19(28)29)23-13-14-8-9-16-17(12-14)31-11-10-30-16/h8-9,12H,3-7,10-11,13H2,1-2H3,(H,28,29)(H,23,24,25). The molecule has 3 aromatic rings. The van der Waals surface area contributed by atoms with Gasteiger partial charge in [-0.3, -0.25) is 9.48 Å². The predicted octanol–water partition coefficient (Wildman–Crippen LogP) is 3.11. The highest BCUT2D eigenvalue weighted by atomic mass is 16.6. The number of nitrogens with zero attached hydrogens (tertiary/aromatic N) is 4. The number of fused-ring (bicyclic) bond motifs is 2. The Kier molecular flexibility index (Phi) is 6.20. The molecule has 9 nitrogen and oxygen atoms in total. The molecule has 9 heteroatoms. The lowest BCUT2D eigenvalue weighted by Crippen LogP contribution is -2.15. The minimum Gasteiger partial charge on any atom is -0.486 e. The Morgan fingerprint density at radius 3 is 2.77 bits per heavy atom. The molecule has 164 valence electrons. The van der Waals surface area contributed by atoms with E-state index in [1.54, 1.807) is 0 Å². The van der Waals surface area contributed by atoms with Gasteiger partial charge in [-0.15, -0.1) is 0 Å². The number of carboxylic acids is 1. The molecule has 0 amide bonds. The van der Waals surface area contributed by atoms with Crippen molar-refractivity contribution in [1.82, 2.24) is 19.7 Å². The summed E-state index contributed by atoms with van der Waals surface area (Å²) in [6.07, 6.45) is 2.87. The minimum absolute atomic E-state index is 0.0935. The van der Waals surface area contributed by atoms with E-state index in [-0.39, 0.29) is 6.42 Å². The van der Waals surface area contributed by atoms with Crippen LogP contribution in [0.15, 0.2) is 18.2 Å². The average molecular weight is 425 g/mol. The first kappa shape index (κ1) is 20.9. The topological polar surface area (TPSA) is 111 Å². The van der Waals surface area contributed by atoms with Gasteiger partial charge in [-0.2, -0.15) is 5.10 Å². The number of anilines is 1. The van der Waals surface area contributed by atoms with Crippen LogP contribution in [0, 0.1) is 0 Å². The first-order chi connectivity index (χ1) is 15.0. The molecule has 0 atom stereocenters. The van der Waals surface area contributed by atoms with Crippen LogP contribution >= 0.6 is 0 Å². The number of hydrogen-bond donors (Lipinski definition) is 2. The second-order valence-corrected chi connectivity index (χ2v) is 7.58. The fourth-order valence-corrected chi connectivity index (χ4v) is 3.71. The molecule has 2 N–H and O–H groups in total. The van der Waals surface area contributed by atoms with E-state index in [0.29, 0.717) is 44.2 Å². The molecule has 0 saturated heterocycles. The zero-order chi connectivity index (χ0) is 21.8. The maximum absolute atomic E-state index is 10.9. The SMILES string of the molecule is CCCc1nn(C)c2c(NCc3ccc4c(c3)OCCO4)nc(CCCC(=O)O)nc12. The van der Waals surface area contributed by atoms with E-state index in [1.165, 1.54) is 0 Å². The minimum atomic E-state index is -0.814. The van der Waals surface area contributed by atoms with Crippen LogP contribution in [0.1, 0.15) is 43.3 Å². The number of aromatic nitrogens is 4. The van der Waals surface area contributed by atoms with E-state index < -0.39 is 5.97 Å². The number of hydrogen-bond acceptors (Lipinski definition) is 7. The van der Waals surface area contributed by atoms with Crippen LogP contribution in [0.3, 0.4) is 0 Å². The van der Waals surface area contributed by atoms with Crippen molar-refractivity contribution in [3.05, 3.63) is 35.3 Å². The van der Waals surface area contributed by atoms with Crippen molar-refractivity contribution in [3.63, 3.8) is 0 Å². The summed E-state index contributed by atoms with van der Waals surface area (Å²) in [6, 6.07) is 5.89. The zero-order valence-electron chi connectivity index (χ0n) is 17.8. The highest BCUT2D eigenvalue weighted by Gasteiger charge is 2.18. The lowest BCUT2D eigenvalue weighted by atomic mass is 10.2. The summed E-state index contributed by atoms with van der Waals surface area (Å²) >= 11 is 0. The molecule has 1 aromatic carbocycles. The molecular formula is C22H27N5O4. The molecule has 31 heavy (non-hydrogen) atoms. The third-order valence-corrected chi connectivity index (χ3v) is 5.14. The zero-order valence-corrected chi connectivity index (χ0v) is 17.8. The molecule has 4 rings (SSSR count). The quantitative estimate of drug-likeness (QED) is 0.538. The van der Waals surface area contributed by atoms with Crippen LogP contribution in [0.2, 0.25) is 0 Å². The number of aliphatic carboxylic acids is 1. The van der Waals surface area contributed by atoms with Crippen molar-refractivity contribution in [2.24, 2.45) is 7.05 Å². The van der Waals surface area contributed by atoms with Gasteiger partial charge in [0.1, 0.15) is 30.1 Å². The molecule has 3 heterocycles. The summed E-state index contributed by atoms with van der Waals surface area (Å²) in [7, 11) is 1.89. The van der Waals surface area contributed by atoms with Crippen molar-refractivity contribution in [2.75, 3.05) is 18.5 Å². The molecule has 0 radical (unpaired) electrons. The summed E-state index contributed by atoms with van der Waals surface area (Å²) < 4.78 is 13.1. The number of nitrogens with one attached hydrogen (secondary N) is 1. The van der Waals surface area contributed by atoms with Crippen molar-refractivity contribution in [2.45, 2.75) is 45.6 Å². The Balaban J connectivity index is 1.62. The largest absolute Gasteiger partial charge is 0.486 e. The second-order valence-electron chi connectivity index (χ2n) is 7.58. The van der Waals surface area contributed by atoms with Gasteiger partial charge in [0, 0.05) is 26.4 Å². The number of rotatable bonds is 9. The summed E-state index contributed by atoms with van der Waals surface area (Å²) in [4.78, 5) is 20.3. The monoisotopic (exact) mass is 425 g/mol. The molecule has 0 fully saturated rings. The maximum atomic E-state index is 10.9. The molecule has 0 saturated carbocycles. The molecule has 2 aromatic heterocycles. The summed E-state index contributed by atoms with van der Waals surface area (Å²) in [5.74, 6) is 2.02. The first-order valence-corrected chi connectivity index (χ1v) is 10.6. The first-order valence-electron chi connectivity index (χ1n) is 10.6. The fraction of sp³-hybridized carbons (Fsp3) is 0.455. The normalized spacial score (nSPS) is 12.8. The van der Waals surface area contributed by atoms with E-state index in [9.17, 15) is 4.79 Å². The van der Waals surface area contributed by atoms with Gasteiger partial charge >= 0.3 is 5.97 Å². The Morgan fingerprint density at radius 1 is 1.19 bits per heavy atom. The van der Waals surface area contributed by atoms with Crippen LogP contribution in [-0.2, 0) is 31.2 Å². The molecular weight excluding hydrogens is 398 g/mol. The Bertz CT molecular complexity index is 1100. The van der Waals surface area contributed by atoms with Crippen molar-refractivity contribution < 1.29 is 19.4 Å². The van der Waals surface area contributed by atoms with Crippen LogP contribution in [-0.4, -0.2) is 44.0 Å². The van der Waals surface area contributed by atoms with Gasteiger partial charge in [-0.05, 0) is 30.5 Å². The average Bonchev–Trinajstić information content (AvgIpc) is 3.07. The highest BCUT2D eigenvalue weighted by Crippen LogP contribution is 2.31. The smallest absolute Gasteiger partial charge is 0.303 e. The van der Waals surface area contributed by atoms with Gasteiger partial charge < -0.3 is 19.9 Å².